The molecule has 0 aromatic heterocycles. The van der Waals surface area contributed by atoms with Gasteiger partial charge >= 0.3 is 0 Å². The van der Waals surface area contributed by atoms with Crippen molar-refractivity contribution < 1.29 is 4.79 Å². The third-order valence-corrected chi connectivity index (χ3v) is 1.89. The van der Waals surface area contributed by atoms with Gasteiger partial charge in [0.05, 0.1) is 6.04 Å². The first-order chi connectivity index (χ1) is 6.07. The van der Waals surface area contributed by atoms with Gasteiger partial charge in [-0.15, -0.1) is 0 Å². The predicted molar refractivity (Wildman–Crippen MR) is 55.4 cm³/mol. The summed E-state index contributed by atoms with van der Waals surface area (Å²) < 4.78 is 0. The quantitative estimate of drug-likeness (QED) is 0.616. The molecule has 0 spiro atoms. The zero-order valence-corrected chi connectivity index (χ0v) is 8.97. The number of carbonyl (C=O) groups excluding carboxylic acids is 1. The van der Waals surface area contributed by atoms with Crippen molar-refractivity contribution >= 4 is 5.91 Å². The first kappa shape index (κ1) is 12.4. The van der Waals surface area contributed by atoms with Crippen LogP contribution in [0.25, 0.3) is 0 Å². The average Bonchev–Trinajstić information content (AvgIpc) is 2.03. The fraction of sp³-hybridized carbons (Fsp3) is 0.900. The van der Waals surface area contributed by atoms with Crippen LogP contribution in [0.1, 0.15) is 46.5 Å². The topological polar surface area (TPSA) is 55.1 Å². The number of amides is 1. The standard InChI is InChI=1S/C10H22N2O/c1-4-5-6-7-9(11)10(13)12-8(2)3/h8-9H,4-7,11H2,1-3H3,(H,12,13)/t9-/m0/s1. The molecule has 0 aromatic rings. The van der Waals surface area contributed by atoms with Gasteiger partial charge in [0.2, 0.25) is 5.91 Å². The van der Waals surface area contributed by atoms with Gasteiger partial charge in [0.1, 0.15) is 0 Å². The Morgan fingerprint density at radius 2 is 2.00 bits per heavy atom. The Morgan fingerprint density at radius 1 is 1.38 bits per heavy atom. The van der Waals surface area contributed by atoms with E-state index in [1.165, 1.54) is 6.42 Å². The van der Waals surface area contributed by atoms with Crippen LogP contribution >= 0.6 is 0 Å². The van der Waals surface area contributed by atoms with Gasteiger partial charge in [0.15, 0.2) is 0 Å². The van der Waals surface area contributed by atoms with Gasteiger partial charge < -0.3 is 11.1 Å². The van der Waals surface area contributed by atoms with E-state index in [-0.39, 0.29) is 18.0 Å². The summed E-state index contributed by atoms with van der Waals surface area (Å²) in [5, 5.41) is 2.81. The van der Waals surface area contributed by atoms with E-state index in [0.29, 0.717) is 0 Å². The normalized spacial score (nSPS) is 13.0. The molecule has 13 heavy (non-hydrogen) atoms. The van der Waals surface area contributed by atoms with Crippen molar-refractivity contribution in [3.05, 3.63) is 0 Å². The lowest BCUT2D eigenvalue weighted by Crippen LogP contribution is -2.43. The highest BCUT2D eigenvalue weighted by atomic mass is 16.2. The molecule has 0 aliphatic carbocycles. The van der Waals surface area contributed by atoms with Crippen LogP contribution in [-0.4, -0.2) is 18.0 Å². The minimum atomic E-state index is -0.325. The Kier molecular flexibility index (Phi) is 6.59. The molecule has 0 rings (SSSR count). The second-order valence-corrected chi connectivity index (χ2v) is 3.77. The minimum Gasteiger partial charge on any atom is -0.353 e. The van der Waals surface area contributed by atoms with Crippen molar-refractivity contribution in [1.29, 1.82) is 0 Å². The lowest BCUT2D eigenvalue weighted by molar-refractivity contribution is -0.123. The number of hydrogen-bond acceptors (Lipinski definition) is 2. The molecule has 3 heteroatoms. The number of rotatable bonds is 6. The third-order valence-electron chi connectivity index (χ3n) is 1.89. The van der Waals surface area contributed by atoms with Gasteiger partial charge in [0.25, 0.3) is 0 Å². The summed E-state index contributed by atoms with van der Waals surface area (Å²) in [4.78, 5) is 11.3. The van der Waals surface area contributed by atoms with Crippen LogP contribution in [0.2, 0.25) is 0 Å². The van der Waals surface area contributed by atoms with Crippen LogP contribution in [0.4, 0.5) is 0 Å². The zero-order valence-electron chi connectivity index (χ0n) is 8.97. The van der Waals surface area contributed by atoms with Crippen LogP contribution in [0.3, 0.4) is 0 Å². The van der Waals surface area contributed by atoms with Crippen molar-refractivity contribution in [2.45, 2.75) is 58.5 Å². The van der Waals surface area contributed by atoms with Gasteiger partial charge in [0, 0.05) is 6.04 Å². The molecule has 78 valence electrons. The molecule has 0 radical (unpaired) electrons. The molecule has 1 amide bonds. The fourth-order valence-corrected chi connectivity index (χ4v) is 1.14. The lowest BCUT2D eigenvalue weighted by atomic mass is 10.1. The molecule has 0 aromatic carbocycles. The molecule has 0 unspecified atom stereocenters. The van der Waals surface area contributed by atoms with Crippen LogP contribution < -0.4 is 11.1 Å². The van der Waals surface area contributed by atoms with Crippen LogP contribution in [0, 0.1) is 0 Å². The Hall–Kier alpha value is -0.570. The number of nitrogens with one attached hydrogen (secondary N) is 1. The summed E-state index contributed by atoms with van der Waals surface area (Å²) in [5.41, 5.74) is 5.69. The van der Waals surface area contributed by atoms with Gasteiger partial charge in [-0.25, -0.2) is 0 Å². The Balaban J connectivity index is 3.57. The zero-order chi connectivity index (χ0) is 10.3. The molecule has 0 saturated heterocycles. The molecule has 3 N–H and O–H groups in total. The van der Waals surface area contributed by atoms with E-state index in [0.717, 1.165) is 19.3 Å². The molecular weight excluding hydrogens is 164 g/mol. The maximum absolute atomic E-state index is 11.3. The van der Waals surface area contributed by atoms with E-state index in [9.17, 15) is 4.79 Å². The first-order valence-electron chi connectivity index (χ1n) is 5.13. The summed E-state index contributed by atoms with van der Waals surface area (Å²) >= 11 is 0. The van der Waals surface area contributed by atoms with Crippen LogP contribution in [0.15, 0.2) is 0 Å². The highest BCUT2D eigenvalue weighted by Gasteiger charge is 2.12. The number of nitrogens with two attached hydrogens (primary N) is 1. The number of unbranched alkanes of at least 4 members (excludes halogenated alkanes) is 2. The van der Waals surface area contributed by atoms with Crippen LogP contribution in [-0.2, 0) is 4.79 Å². The molecular formula is C10H22N2O. The second kappa shape index (κ2) is 6.89. The summed E-state index contributed by atoms with van der Waals surface area (Å²) in [6.07, 6.45) is 4.16. The van der Waals surface area contributed by atoms with Gasteiger partial charge in [-0.1, -0.05) is 26.2 Å². The maximum atomic E-state index is 11.3. The van der Waals surface area contributed by atoms with E-state index in [4.69, 9.17) is 5.73 Å². The van der Waals surface area contributed by atoms with E-state index in [1.54, 1.807) is 0 Å². The van der Waals surface area contributed by atoms with Gasteiger partial charge in [-0.05, 0) is 20.3 Å². The van der Waals surface area contributed by atoms with Crippen LogP contribution in [0.5, 0.6) is 0 Å². The van der Waals surface area contributed by atoms with Gasteiger partial charge in [-0.2, -0.15) is 0 Å². The Labute approximate surface area is 81.1 Å². The SMILES string of the molecule is CCCCC[C@H](N)C(=O)NC(C)C. The molecule has 0 aliphatic heterocycles. The molecule has 1 atom stereocenters. The molecule has 0 bridgehead atoms. The average molecular weight is 186 g/mol. The monoisotopic (exact) mass is 186 g/mol. The summed E-state index contributed by atoms with van der Waals surface area (Å²) in [7, 11) is 0. The predicted octanol–water partition coefficient (Wildman–Crippen LogP) is 1.42. The number of carbonyl (C=O) groups is 1. The van der Waals surface area contributed by atoms with Gasteiger partial charge in [-0.3, -0.25) is 4.79 Å². The second-order valence-electron chi connectivity index (χ2n) is 3.77. The fourth-order valence-electron chi connectivity index (χ4n) is 1.14. The van der Waals surface area contributed by atoms with E-state index >= 15 is 0 Å². The van der Waals surface area contributed by atoms with E-state index in [2.05, 4.69) is 12.2 Å². The Bertz CT molecular complexity index is 146. The minimum absolute atomic E-state index is 0.0221. The summed E-state index contributed by atoms with van der Waals surface area (Å²) in [6.45, 7) is 6.02. The van der Waals surface area contributed by atoms with Crippen molar-refractivity contribution in [3.63, 3.8) is 0 Å². The van der Waals surface area contributed by atoms with Crippen molar-refractivity contribution in [1.82, 2.24) is 5.32 Å². The Morgan fingerprint density at radius 3 is 2.46 bits per heavy atom. The largest absolute Gasteiger partial charge is 0.353 e. The molecule has 0 aliphatic rings. The maximum Gasteiger partial charge on any atom is 0.237 e. The smallest absolute Gasteiger partial charge is 0.237 e. The lowest BCUT2D eigenvalue weighted by Gasteiger charge is -2.13. The molecule has 0 fully saturated rings. The van der Waals surface area contributed by atoms with Crippen molar-refractivity contribution in [2.24, 2.45) is 5.73 Å². The highest BCUT2D eigenvalue weighted by Crippen LogP contribution is 2.01. The number of hydrogen-bond donors (Lipinski definition) is 2. The van der Waals surface area contributed by atoms with Crippen molar-refractivity contribution in [2.75, 3.05) is 0 Å². The molecule has 3 nitrogen and oxygen atoms in total. The third kappa shape index (κ3) is 6.58. The summed E-state index contributed by atoms with van der Waals surface area (Å²) in [6, 6.07) is -0.140. The summed E-state index contributed by atoms with van der Waals surface area (Å²) in [5.74, 6) is -0.0221. The van der Waals surface area contributed by atoms with Crippen molar-refractivity contribution in [3.8, 4) is 0 Å². The van der Waals surface area contributed by atoms with E-state index in [1.807, 2.05) is 13.8 Å². The first-order valence-corrected chi connectivity index (χ1v) is 5.13. The highest BCUT2D eigenvalue weighted by molar-refractivity contribution is 5.81. The van der Waals surface area contributed by atoms with E-state index < -0.39 is 0 Å². The molecule has 0 saturated carbocycles. The molecule has 0 heterocycles.